The Balaban J connectivity index is 1.38. The van der Waals surface area contributed by atoms with Crippen LogP contribution in [0.3, 0.4) is 0 Å². The molecule has 10 heteroatoms. The molecule has 38 heavy (non-hydrogen) atoms. The third-order valence-electron chi connectivity index (χ3n) is 7.41. The van der Waals surface area contributed by atoms with Crippen molar-refractivity contribution in [3.05, 3.63) is 75.6 Å². The van der Waals surface area contributed by atoms with E-state index in [0.29, 0.717) is 38.1 Å². The largest absolute Gasteiger partial charge is 0.379 e. The Morgan fingerprint density at radius 1 is 1.05 bits per heavy atom. The van der Waals surface area contributed by atoms with Gasteiger partial charge in [-0.3, -0.25) is 14.5 Å². The molecule has 1 saturated heterocycles. The quantitative estimate of drug-likeness (QED) is 0.442. The van der Waals surface area contributed by atoms with E-state index in [1.165, 1.54) is 10.4 Å². The van der Waals surface area contributed by atoms with Crippen molar-refractivity contribution in [2.24, 2.45) is 0 Å². The number of fused-ring (bicyclic) bond motifs is 2. The molecule has 2 aromatic carbocycles. The second-order valence-corrected chi connectivity index (χ2v) is 11.7. The number of morpholine rings is 1. The molecule has 0 unspecified atom stereocenters. The van der Waals surface area contributed by atoms with Crippen molar-refractivity contribution in [3.8, 4) is 0 Å². The third kappa shape index (κ3) is 5.40. The lowest BCUT2D eigenvalue weighted by Gasteiger charge is -2.28. The molecule has 0 aliphatic carbocycles. The first kappa shape index (κ1) is 26.6. The highest BCUT2D eigenvalue weighted by Crippen LogP contribution is 2.26. The SMILES string of the molecule is CCn1cc(C(=O)NCCCN2CCOCC2)c(=O)c2cc(S(=O)(=O)N3CCc4ccccc4C3)ccc21. The summed E-state index contributed by atoms with van der Waals surface area (Å²) in [5.41, 5.74) is 2.31. The highest BCUT2D eigenvalue weighted by Gasteiger charge is 2.29. The average Bonchev–Trinajstić information content (AvgIpc) is 2.95. The van der Waals surface area contributed by atoms with Gasteiger partial charge in [0.15, 0.2) is 0 Å². The van der Waals surface area contributed by atoms with Gasteiger partial charge in [0.05, 0.1) is 23.6 Å². The number of benzene rings is 2. The number of nitrogens with zero attached hydrogens (tertiary/aromatic N) is 3. The number of carbonyl (C=O) groups is 1. The molecular weight excluding hydrogens is 504 g/mol. The predicted molar refractivity (Wildman–Crippen MR) is 146 cm³/mol. The minimum Gasteiger partial charge on any atom is -0.379 e. The topological polar surface area (TPSA) is 101 Å². The molecule has 1 N–H and O–H groups in total. The zero-order valence-corrected chi connectivity index (χ0v) is 22.5. The van der Waals surface area contributed by atoms with Gasteiger partial charge >= 0.3 is 0 Å². The lowest BCUT2D eigenvalue weighted by Crippen LogP contribution is -2.38. The van der Waals surface area contributed by atoms with Gasteiger partial charge in [0.1, 0.15) is 5.56 Å². The second kappa shape index (κ2) is 11.4. The van der Waals surface area contributed by atoms with Crippen LogP contribution in [-0.2, 0) is 34.3 Å². The van der Waals surface area contributed by atoms with Crippen LogP contribution in [0.4, 0.5) is 0 Å². The summed E-state index contributed by atoms with van der Waals surface area (Å²) in [5, 5.41) is 3.09. The minimum absolute atomic E-state index is 0.0205. The van der Waals surface area contributed by atoms with E-state index in [2.05, 4.69) is 10.2 Å². The maximum atomic E-state index is 13.6. The van der Waals surface area contributed by atoms with Crippen molar-refractivity contribution in [1.82, 2.24) is 19.1 Å². The van der Waals surface area contributed by atoms with E-state index in [1.54, 1.807) is 18.3 Å². The molecule has 0 saturated carbocycles. The number of nitrogens with one attached hydrogen (secondary N) is 1. The number of amides is 1. The second-order valence-electron chi connectivity index (χ2n) is 9.76. The first-order chi connectivity index (χ1) is 18.4. The number of pyridine rings is 1. The van der Waals surface area contributed by atoms with E-state index in [9.17, 15) is 18.0 Å². The van der Waals surface area contributed by atoms with Crippen molar-refractivity contribution in [2.45, 2.75) is 37.8 Å². The maximum absolute atomic E-state index is 13.6. The smallest absolute Gasteiger partial charge is 0.256 e. The fourth-order valence-electron chi connectivity index (χ4n) is 5.21. The van der Waals surface area contributed by atoms with Gasteiger partial charge in [0, 0.05) is 50.9 Å². The van der Waals surface area contributed by atoms with Crippen LogP contribution in [-0.4, -0.2) is 74.0 Å². The van der Waals surface area contributed by atoms with E-state index in [-0.39, 0.29) is 15.8 Å². The van der Waals surface area contributed by atoms with Crippen LogP contribution < -0.4 is 10.7 Å². The van der Waals surface area contributed by atoms with Gasteiger partial charge in [-0.25, -0.2) is 8.42 Å². The Labute approximate surface area is 223 Å². The van der Waals surface area contributed by atoms with Crippen LogP contribution in [0.5, 0.6) is 0 Å². The maximum Gasteiger partial charge on any atom is 0.256 e. The number of aromatic nitrogens is 1. The molecule has 1 aromatic heterocycles. The fraction of sp³-hybridized carbons (Fsp3) is 0.429. The predicted octanol–water partition coefficient (Wildman–Crippen LogP) is 2.22. The van der Waals surface area contributed by atoms with Crippen molar-refractivity contribution in [1.29, 1.82) is 0 Å². The molecule has 0 spiro atoms. The van der Waals surface area contributed by atoms with E-state index in [1.807, 2.05) is 35.8 Å². The van der Waals surface area contributed by atoms with Gasteiger partial charge in [-0.15, -0.1) is 0 Å². The molecule has 1 fully saturated rings. The van der Waals surface area contributed by atoms with Gasteiger partial charge in [-0.2, -0.15) is 4.31 Å². The Hall–Kier alpha value is -3.05. The minimum atomic E-state index is -3.82. The van der Waals surface area contributed by atoms with E-state index in [4.69, 9.17) is 4.74 Å². The molecule has 2 aliphatic rings. The summed E-state index contributed by atoms with van der Waals surface area (Å²) in [6.45, 7) is 7.64. The molecule has 3 heterocycles. The number of aryl methyl sites for hydroxylation is 1. The third-order valence-corrected chi connectivity index (χ3v) is 9.25. The van der Waals surface area contributed by atoms with Crippen LogP contribution in [0.1, 0.15) is 34.8 Å². The van der Waals surface area contributed by atoms with Gasteiger partial charge in [-0.05, 0) is 55.6 Å². The van der Waals surface area contributed by atoms with Gasteiger partial charge in [0.25, 0.3) is 5.91 Å². The van der Waals surface area contributed by atoms with Gasteiger partial charge in [0.2, 0.25) is 15.5 Å². The van der Waals surface area contributed by atoms with Crippen LogP contribution in [0, 0.1) is 0 Å². The number of carbonyl (C=O) groups excluding carboxylic acids is 1. The summed E-state index contributed by atoms with van der Waals surface area (Å²) in [5.74, 6) is -0.443. The van der Waals surface area contributed by atoms with Crippen LogP contribution in [0.2, 0.25) is 0 Å². The van der Waals surface area contributed by atoms with Crippen molar-refractivity contribution >= 4 is 26.8 Å². The standard InChI is InChI=1S/C28H34N4O5S/c1-2-31-20-25(28(34)29-11-5-12-30-14-16-37-17-15-30)27(33)24-18-23(8-9-26(24)31)38(35,36)32-13-10-21-6-3-4-7-22(21)19-32/h3-4,6-9,18,20H,2,5,10-17,19H2,1H3,(H,29,34). The normalized spacial score (nSPS) is 16.9. The molecule has 3 aromatic rings. The summed E-state index contributed by atoms with van der Waals surface area (Å²) < 4.78 is 35.7. The van der Waals surface area contributed by atoms with Crippen molar-refractivity contribution in [3.63, 3.8) is 0 Å². The molecule has 9 nitrogen and oxygen atoms in total. The van der Waals surface area contributed by atoms with Crippen molar-refractivity contribution < 1.29 is 17.9 Å². The summed E-state index contributed by atoms with van der Waals surface area (Å²) in [6, 6.07) is 12.5. The monoisotopic (exact) mass is 538 g/mol. The lowest BCUT2D eigenvalue weighted by molar-refractivity contribution is 0.0374. The summed E-state index contributed by atoms with van der Waals surface area (Å²) in [7, 11) is -3.82. The molecule has 5 rings (SSSR count). The molecular formula is C28H34N4O5S. The zero-order valence-electron chi connectivity index (χ0n) is 21.7. The first-order valence-corrected chi connectivity index (χ1v) is 14.6. The number of ether oxygens (including phenoxy) is 1. The molecule has 2 aliphatic heterocycles. The molecule has 202 valence electrons. The average molecular weight is 539 g/mol. The number of hydrogen-bond donors (Lipinski definition) is 1. The van der Waals surface area contributed by atoms with Crippen LogP contribution in [0.15, 0.2) is 58.4 Å². The number of sulfonamides is 1. The van der Waals surface area contributed by atoms with Gasteiger partial charge in [-0.1, -0.05) is 24.3 Å². The van der Waals surface area contributed by atoms with E-state index in [0.717, 1.165) is 50.4 Å². The van der Waals surface area contributed by atoms with Crippen molar-refractivity contribution in [2.75, 3.05) is 45.9 Å². The Morgan fingerprint density at radius 3 is 2.58 bits per heavy atom. The van der Waals surface area contributed by atoms with Gasteiger partial charge < -0.3 is 14.6 Å². The zero-order chi connectivity index (χ0) is 26.7. The Kier molecular flexibility index (Phi) is 7.94. The molecule has 0 atom stereocenters. The van der Waals surface area contributed by atoms with Crippen LogP contribution in [0.25, 0.3) is 10.9 Å². The molecule has 1 amide bonds. The van der Waals surface area contributed by atoms with E-state index < -0.39 is 21.4 Å². The molecule has 0 radical (unpaired) electrons. The van der Waals surface area contributed by atoms with E-state index >= 15 is 0 Å². The Bertz CT molecular complexity index is 1490. The molecule has 0 bridgehead atoms. The highest BCUT2D eigenvalue weighted by atomic mass is 32.2. The summed E-state index contributed by atoms with van der Waals surface area (Å²) >= 11 is 0. The highest BCUT2D eigenvalue weighted by molar-refractivity contribution is 7.89. The lowest BCUT2D eigenvalue weighted by atomic mass is 10.0. The van der Waals surface area contributed by atoms with Crippen LogP contribution >= 0.6 is 0 Å². The first-order valence-electron chi connectivity index (χ1n) is 13.2. The fourth-order valence-corrected chi connectivity index (χ4v) is 6.65. The number of rotatable bonds is 8. The summed E-state index contributed by atoms with van der Waals surface area (Å²) in [4.78, 5) is 28.8. The number of hydrogen-bond acceptors (Lipinski definition) is 6. The Morgan fingerprint density at radius 2 is 1.82 bits per heavy atom. The summed E-state index contributed by atoms with van der Waals surface area (Å²) in [6.07, 6.45) is 2.97.